The first-order chi connectivity index (χ1) is 16.7. The average Bonchev–Trinajstić information content (AvgIpc) is 2.70. The van der Waals surface area contributed by atoms with Gasteiger partial charge in [-0.1, -0.05) is 106 Å². The van der Waals surface area contributed by atoms with Crippen LogP contribution in [0, 0.1) is 10.8 Å². The first-order valence-electron chi connectivity index (χ1n) is 13.1. The van der Waals surface area contributed by atoms with Crippen LogP contribution >= 0.6 is 0 Å². The highest BCUT2D eigenvalue weighted by Crippen LogP contribution is 2.48. The average molecular weight is 524 g/mol. The minimum absolute atomic E-state index is 0.0233. The van der Waals surface area contributed by atoms with Crippen LogP contribution in [0.4, 0.5) is 5.69 Å². The van der Waals surface area contributed by atoms with Gasteiger partial charge in [0.1, 0.15) is 5.75 Å². The second-order valence-electron chi connectivity index (χ2n) is 14.2. The molecule has 4 nitrogen and oxygen atoms in total. The molecule has 0 spiro atoms. The van der Waals surface area contributed by atoms with Crippen molar-refractivity contribution in [2.45, 2.75) is 97.8 Å². The predicted molar refractivity (Wildman–Crippen MR) is 157 cm³/mol. The standard InChI is InChI=1S/C32H45NO3S/c1-29(2,3)20-31(7,8)25-18-23(19-26(28(25)34)32(9,10)21-30(4,5)6)33-37(35,36)27-17-13-15-22-14-11-12-16-24(22)27/h11-19,33-34H,20-21H2,1-10H3. The summed E-state index contributed by atoms with van der Waals surface area (Å²) in [5.41, 5.74) is 1.28. The minimum Gasteiger partial charge on any atom is -0.507 e. The highest BCUT2D eigenvalue weighted by Gasteiger charge is 2.36. The quantitative estimate of drug-likeness (QED) is 0.304. The fourth-order valence-electron chi connectivity index (χ4n) is 6.21. The highest BCUT2D eigenvalue weighted by atomic mass is 32.2. The van der Waals surface area contributed by atoms with Crippen LogP contribution in [0.25, 0.3) is 10.8 Å². The predicted octanol–water partition coefficient (Wildman–Crippen LogP) is 8.77. The van der Waals surface area contributed by atoms with Gasteiger partial charge in [-0.15, -0.1) is 0 Å². The van der Waals surface area contributed by atoms with Crippen LogP contribution in [-0.4, -0.2) is 13.5 Å². The Bertz CT molecular complexity index is 1330. The van der Waals surface area contributed by atoms with Crippen LogP contribution in [0.15, 0.2) is 59.5 Å². The molecule has 2 N–H and O–H groups in total. The number of hydrogen-bond acceptors (Lipinski definition) is 3. The summed E-state index contributed by atoms with van der Waals surface area (Å²) in [6.07, 6.45) is 1.65. The summed E-state index contributed by atoms with van der Waals surface area (Å²) < 4.78 is 30.3. The zero-order valence-electron chi connectivity index (χ0n) is 24.3. The summed E-state index contributed by atoms with van der Waals surface area (Å²) in [6, 6.07) is 16.5. The van der Waals surface area contributed by atoms with Crippen LogP contribution in [0.3, 0.4) is 0 Å². The smallest absolute Gasteiger partial charge is 0.262 e. The van der Waals surface area contributed by atoms with E-state index in [0.717, 1.165) is 29.4 Å². The Morgan fingerprint density at radius 2 is 1.16 bits per heavy atom. The van der Waals surface area contributed by atoms with Crippen LogP contribution in [0.1, 0.15) is 93.2 Å². The molecule has 0 aliphatic rings. The number of nitrogens with one attached hydrogen (secondary N) is 1. The third-order valence-corrected chi connectivity index (χ3v) is 8.24. The third-order valence-electron chi connectivity index (χ3n) is 6.80. The van der Waals surface area contributed by atoms with Crippen molar-refractivity contribution in [1.29, 1.82) is 0 Å². The van der Waals surface area contributed by atoms with E-state index in [9.17, 15) is 13.5 Å². The molecule has 0 radical (unpaired) electrons. The first-order valence-corrected chi connectivity index (χ1v) is 14.6. The fourth-order valence-corrected chi connectivity index (χ4v) is 7.48. The number of anilines is 1. The van der Waals surface area contributed by atoms with Crippen LogP contribution < -0.4 is 4.72 Å². The van der Waals surface area contributed by atoms with E-state index in [1.165, 1.54) is 0 Å². The first kappa shape index (κ1) is 29.0. The molecule has 3 aromatic carbocycles. The molecule has 3 aromatic rings. The van der Waals surface area contributed by atoms with Gasteiger partial charge < -0.3 is 5.11 Å². The maximum absolute atomic E-state index is 13.7. The maximum atomic E-state index is 13.7. The Kier molecular flexibility index (Phi) is 7.57. The van der Waals surface area contributed by atoms with Gasteiger partial charge in [0.25, 0.3) is 10.0 Å². The number of benzene rings is 3. The van der Waals surface area contributed by atoms with E-state index < -0.39 is 10.0 Å². The summed E-state index contributed by atoms with van der Waals surface area (Å²) in [5, 5.41) is 13.2. The summed E-state index contributed by atoms with van der Waals surface area (Å²) in [5.74, 6) is 0.261. The Morgan fingerprint density at radius 1 is 0.703 bits per heavy atom. The SMILES string of the molecule is CC(C)(C)CC(C)(C)c1cc(NS(=O)(=O)c2cccc3ccccc23)cc(C(C)(C)CC(C)(C)C)c1O. The molecule has 0 saturated heterocycles. The molecule has 0 atom stereocenters. The molecule has 0 bridgehead atoms. The summed E-state index contributed by atoms with van der Waals surface area (Å²) >= 11 is 0. The molecule has 0 saturated carbocycles. The second-order valence-corrected chi connectivity index (χ2v) is 15.9. The van der Waals surface area contributed by atoms with Gasteiger partial charge in [0.15, 0.2) is 0 Å². The van der Waals surface area contributed by atoms with Crippen molar-refractivity contribution >= 4 is 26.5 Å². The highest BCUT2D eigenvalue weighted by molar-refractivity contribution is 7.93. The van der Waals surface area contributed by atoms with Gasteiger partial charge in [-0.3, -0.25) is 4.72 Å². The molecular weight excluding hydrogens is 478 g/mol. The van der Waals surface area contributed by atoms with Gasteiger partial charge in [0, 0.05) is 22.2 Å². The minimum atomic E-state index is -3.88. The van der Waals surface area contributed by atoms with E-state index in [1.54, 1.807) is 12.1 Å². The normalized spacial score (nSPS) is 13.7. The Labute approximate surface area is 224 Å². The topological polar surface area (TPSA) is 66.4 Å². The molecule has 0 aromatic heterocycles. The van der Waals surface area contributed by atoms with Crippen LogP contribution in [-0.2, 0) is 20.9 Å². The zero-order valence-corrected chi connectivity index (χ0v) is 25.1. The van der Waals surface area contributed by atoms with Crippen LogP contribution in [0.5, 0.6) is 5.75 Å². The van der Waals surface area contributed by atoms with Crippen molar-refractivity contribution in [2.75, 3.05) is 4.72 Å². The second kappa shape index (κ2) is 9.65. The van der Waals surface area contributed by atoms with E-state index in [-0.39, 0.29) is 32.3 Å². The van der Waals surface area contributed by atoms with Crippen molar-refractivity contribution in [3.8, 4) is 5.75 Å². The molecule has 0 heterocycles. The van der Waals surface area contributed by atoms with Gasteiger partial charge in [-0.25, -0.2) is 8.42 Å². The number of fused-ring (bicyclic) bond motifs is 1. The number of phenols is 1. The van der Waals surface area contributed by atoms with E-state index >= 15 is 0 Å². The lowest BCUT2D eigenvalue weighted by atomic mass is 9.68. The van der Waals surface area contributed by atoms with Crippen molar-refractivity contribution in [3.05, 3.63) is 65.7 Å². The van der Waals surface area contributed by atoms with E-state index in [4.69, 9.17) is 0 Å². The molecule has 0 amide bonds. The largest absolute Gasteiger partial charge is 0.507 e. The van der Waals surface area contributed by atoms with Gasteiger partial charge in [0.05, 0.1) is 4.90 Å². The summed E-state index contributed by atoms with van der Waals surface area (Å²) in [7, 11) is -3.88. The molecule has 5 heteroatoms. The van der Waals surface area contributed by atoms with Gasteiger partial charge in [0.2, 0.25) is 0 Å². The lowest BCUT2D eigenvalue weighted by molar-refractivity contribution is 0.268. The lowest BCUT2D eigenvalue weighted by Crippen LogP contribution is -2.28. The Morgan fingerprint density at radius 3 is 1.65 bits per heavy atom. The van der Waals surface area contributed by atoms with Gasteiger partial charge in [-0.2, -0.15) is 0 Å². The van der Waals surface area contributed by atoms with Crippen molar-refractivity contribution in [3.63, 3.8) is 0 Å². The molecule has 3 rings (SSSR count). The monoisotopic (exact) mass is 523 g/mol. The molecule has 0 unspecified atom stereocenters. The number of rotatable bonds is 7. The fraction of sp³-hybridized carbons (Fsp3) is 0.500. The zero-order chi connectivity index (χ0) is 28.0. The molecule has 202 valence electrons. The van der Waals surface area contributed by atoms with Gasteiger partial charge >= 0.3 is 0 Å². The number of hydrogen-bond donors (Lipinski definition) is 2. The van der Waals surface area contributed by atoms with E-state index in [2.05, 4.69) is 74.0 Å². The summed E-state index contributed by atoms with van der Waals surface area (Å²) in [4.78, 5) is 0.240. The van der Waals surface area contributed by atoms with Crippen molar-refractivity contribution in [1.82, 2.24) is 0 Å². The van der Waals surface area contributed by atoms with Crippen LogP contribution in [0.2, 0.25) is 0 Å². The Balaban J connectivity index is 2.21. The number of sulfonamides is 1. The number of aromatic hydroxyl groups is 1. The van der Waals surface area contributed by atoms with Crippen molar-refractivity contribution < 1.29 is 13.5 Å². The lowest BCUT2D eigenvalue weighted by Gasteiger charge is -2.37. The van der Waals surface area contributed by atoms with E-state index in [0.29, 0.717) is 11.1 Å². The molecule has 0 aliphatic heterocycles. The van der Waals surface area contributed by atoms with Gasteiger partial charge in [-0.05, 0) is 58.1 Å². The molecule has 0 fully saturated rings. The van der Waals surface area contributed by atoms with Crippen molar-refractivity contribution in [2.24, 2.45) is 10.8 Å². The maximum Gasteiger partial charge on any atom is 0.262 e. The molecule has 0 aliphatic carbocycles. The Hall–Kier alpha value is -2.53. The third kappa shape index (κ3) is 6.87. The number of phenolic OH excluding ortho intramolecular Hbond substituents is 1. The molecule has 37 heavy (non-hydrogen) atoms. The molecular formula is C32H45NO3S. The van der Waals surface area contributed by atoms with E-state index in [1.807, 2.05) is 42.5 Å². The summed E-state index contributed by atoms with van der Waals surface area (Å²) in [6.45, 7) is 21.6.